The quantitative estimate of drug-likeness (QED) is 0.728. The first kappa shape index (κ1) is 18.0. The van der Waals surface area contributed by atoms with Crippen LogP contribution in [-0.2, 0) is 0 Å². The molecule has 1 heterocycles. The van der Waals surface area contributed by atoms with Crippen LogP contribution in [0, 0.1) is 0 Å². The van der Waals surface area contributed by atoms with Gasteiger partial charge in [-0.05, 0) is 34.5 Å². The molecule has 22 heavy (non-hydrogen) atoms. The molecule has 0 aromatic heterocycles. The molecular weight excluding hydrogens is 429 g/mol. The van der Waals surface area contributed by atoms with Crippen molar-refractivity contribution in [2.45, 2.75) is 25.1 Å². The van der Waals surface area contributed by atoms with Crippen molar-refractivity contribution in [1.82, 2.24) is 10.2 Å². The van der Waals surface area contributed by atoms with Gasteiger partial charge in [-0.3, -0.25) is 4.90 Å². The van der Waals surface area contributed by atoms with E-state index in [9.17, 15) is 18.3 Å². The lowest BCUT2D eigenvalue weighted by Gasteiger charge is -2.36. The number of nitrogens with zero attached hydrogens (tertiary/aromatic N) is 1. The molecule has 0 aliphatic carbocycles. The van der Waals surface area contributed by atoms with E-state index < -0.39 is 18.6 Å². The zero-order valence-electron chi connectivity index (χ0n) is 11.8. The summed E-state index contributed by atoms with van der Waals surface area (Å²) < 4.78 is 39.1. The Morgan fingerprint density at radius 3 is 2.45 bits per heavy atom. The highest BCUT2D eigenvalue weighted by atomic mass is 79.9. The monoisotopic (exact) mass is 444 g/mol. The highest BCUT2D eigenvalue weighted by molar-refractivity contribution is 9.11. The lowest BCUT2D eigenvalue weighted by atomic mass is 9.98. The summed E-state index contributed by atoms with van der Waals surface area (Å²) in [7, 11) is 0. The molecule has 0 radical (unpaired) electrons. The van der Waals surface area contributed by atoms with Crippen molar-refractivity contribution in [3.63, 3.8) is 0 Å². The Morgan fingerprint density at radius 2 is 1.86 bits per heavy atom. The Morgan fingerprint density at radius 1 is 1.23 bits per heavy atom. The summed E-state index contributed by atoms with van der Waals surface area (Å²) in [5, 5.41) is 13.4. The molecule has 1 aliphatic heterocycles. The van der Waals surface area contributed by atoms with Crippen LogP contribution in [0.5, 0.6) is 5.75 Å². The van der Waals surface area contributed by atoms with E-state index in [4.69, 9.17) is 0 Å². The molecule has 0 spiro atoms. The van der Waals surface area contributed by atoms with Crippen LogP contribution in [0.3, 0.4) is 0 Å². The maximum atomic E-state index is 12.6. The summed E-state index contributed by atoms with van der Waals surface area (Å²) in [5.74, 6) is 0.00825. The zero-order chi connectivity index (χ0) is 16.3. The van der Waals surface area contributed by atoms with Crippen LogP contribution in [0.25, 0.3) is 0 Å². The second-order valence-electron chi connectivity index (χ2n) is 5.28. The number of phenols is 1. The third-order valence-electron chi connectivity index (χ3n) is 3.71. The van der Waals surface area contributed by atoms with Gasteiger partial charge in [0, 0.05) is 48.7 Å². The number of alkyl halides is 3. The first-order valence-corrected chi connectivity index (χ1v) is 8.56. The second-order valence-corrected chi connectivity index (χ2v) is 7.05. The molecule has 1 fully saturated rings. The van der Waals surface area contributed by atoms with Crippen LogP contribution in [0.2, 0.25) is 0 Å². The van der Waals surface area contributed by atoms with E-state index in [1.165, 1.54) is 0 Å². The van der Waals surface area contributed by atoms with Crippen molar-refractivity contribution in [3.05, 3.63) is 26.6 Å². The number of halogens is 5. The Bertz CT molecular complexity index is 520. The maximum absolute atomic E-state index is 12.6. The van der Waals surface area contributed by atoms with E-state index in [0.29, 0.717) is 23.1 Å². The Balaban J connectivity index is 2.30. The second kappa shape index (κ2) is 7.51. The minimum absolute atomic E-state index is 0.00825. The Labute approximate surface area is 144 Å². The van der Waals surface area contributed by atoms with Gasteiger partial charge in [-0.15, -0.1) is 0 Å². The largest absolute Gasteiger partial charge is 0.506 e. The van der Waals surface area contributed by atoms with E-state index >= 15 is 0 Å². The minimum atomic E-state index is -4.20. The topological polar surface area (TPSA) is 35.5 Å². The molecule has 8 heteroatoms. The van der Waals surface area contributed by atoms with Gasteiger partial charge < -0.3 is 10.4 Å². The molecule has 0 bridgehead atoms. The Kier molecular flexibility index (Phi) is 6.15. The van der Waals surface area contributed by atoms with E-state index in [0.717, 1.165) is 17.6 Å². The van der Waals surface area contributed by atoms with Crippen molar-refractivity contribution in [2.75, 3.05) is 26.2 Å². The molecule has 2 N–H and O–H groups in total. The number of hydrogen-bond acceptors (Lipinski definition) is 3. The Hall–Kier alpha value is -0.310. The van der Waals surface area contributed by atoms with Crippen molar-refractivity contribution in [2.24, 2.45) is 0 Å². The fourth-order valence-corrected chi connectivity index (χ4v) is 3.93. The molecule has 1 atom stereocenters. The molecular formula is C14H17Br2F3N2O. The van der Waals surface area contributed by atoms with Gasteiger partial charge in [-0.2, -0.15) is 13.2 Å². The third-order valence-corrected chi connectivity index (χ3v) is 4.77. The molecule has 1 aliphatic rings. The predicted octanol–water partition coefficient (Wildman–Crippen LogP) is 4.21. The zero-order valence-corrected chi connectivity index (χ0v) is 14.9. The maximum Gasteiger partial charge on any atom is 0.389 e. The molecule has 1 saturated heterocycles. The van der Waals surface area contributed by atoms with Gasteiger partial charge in [0.25, 0.3) is 0 Å². The number of phenolic OH excluding ortho intramolecular Hbond substituents is 1. The summed E-state index contributed by atoms with van der Waals surface area (Å²) in [4.78, 5) is 2.00. The average Bonchev–Trinajstić information content (AvgIpc) is 2.44. The van der Waals surface area contributed by atoms with Gasteiger partial charge >= 0.3 is 6.18 Å². The lowest BCUT2D eigenvalue weighted by Crippen LogP contribution is -2.45. The fourth-order valence-electron chi connectivity index (χ4n) is 2.67. The van der Waals surface area contributed by atoms with Crippen LogP contribution in [0.4, 0.5) is 13.2 Å². The number of rotatable bonds is 4. The van der Waals surface area contributed by atoms with Crippen LogP contribution in [0.1, 0.15) is 24.4 Å². The number of hydrogen-bond donors (Lipinski definition) is 2. The normalized spacial score (nSPS) is 18.4. The number of benzene rings is 1. The smallest absolute Gasteiger partial charge is 0.389 e. The van der Waals surface area contributed by atoms with Crippen molar-refractivity contribution < 1.29 is 18.3 Å². The van der Waals surface area contributed by atoms with Crippen LogP contribution >= 0.6 is 31.9 Å². The molecule has 0 saturated carbocycles. The molecule has 0 amide bonds. The summed E-state index contributed by atoms with van der Waals surface area (Å²) in [5.41, 5.74) is 0.521. The first-order valence-electron chi connectivity index (χ1n) is 6.97. The number of piperazine rings is 1. The van der Waals surface area contributed by atoms with Crippen LogP contribution < -0.4 is 5.32 Å². The van der Waals surface area contributed by atoms with Crippen LogP contribution in [0.15, 0.2) is 21.1 Å². The first-order chi connectivity index (χ1) is 10.3. The predicted molar refractivity (Wildman–Crippen MR) is 86.0 cm³/mol. The third kappa shape index (κ3) is 4.84. The average molecular weight is 446 g/mol. The summed E-state index contributed by atoms with van der Waals surface area (Å²) in [6.45, 7) is 2.79. The molecule has 3 nitrogen and oxygen atoms in total. The van der Waals surface area contributed by atoms with Crippen LogP contribution in [-0.4, -0.2) is 42.4 Å². The van der Waals surface area contributed by atoms with Crippen molar-refractivity contribution in [3.8, 4) is 5.75 Å². The van der Waals surface area contributed by atoms with Crippen molar-refractivity contribution in [1.29, 1.82) is 0 Å². The van der Waals surface area contributed by atoms with Gasteiger partial charge in [-0.25, -0.2) is 0 Å². The van der Waals surface area contributed by atoms with E-state index in [2.05, 4.69) is 37.2 Å². The summed E-state index contributed by atoms with van der Waals surface area (Å²) in [6.07, 6.45) is -5.14. The SMILES string of the molecule is Oc1c(Br)cc(Br)cc1[C@H](CCC(F)(F)F)N1CCNCC1. The van der Waals surface area contributed by atoms with E-state index in [1.807, 2.05) is 4.90 Å². The molecule has 0 unspecified atom stereocenters. The summed E-state index contributed by atoms with van der Waals surface area (Å²) >= 11 is 6.58. The molecule has 1 aromatic rings. The van der Waals surface area contributed by atoms with Gasteiger partial charge in [0.05, 0.1) is 4.47 Å². The summed E-state index contributed by atoms with van der Waals surface area (Å²) in [6, 6.07) is 2.91. The number of nitrogens with one attached hydrogen (secondary N) is 1. The van der Waals surface area contributed by atoms with Gasteiger partial charge in [0.1, 0.15) is 5.75 Å². The molecule has 124 valence electrons. The highest BCUT2D eigenvalue weighted by Gasteiger charge is 2.32. The van der Waals surface area contributed by atoms with Crippen molar-refractivity contribution >= 4 is 31.9 Å². The standard InChI is InChI=1S/C14H17Br2F3N2O/c15-9-7-10(13(22)11(16)8-9)12(1-2-14(17,18)19)21-5-3-20-4-6-21/h7-8,12,20,22H,1-6H2/t12-/m0/s1. The van der Waals surface area contributed by atoms with Gasteiger partial charge in [-0.1, -0.05) is 15.9 Å². The van der Waals surface area contributed by atoms with E-state index in [-0.39, 0.29) is 12.2 Å². The highest BCUT2D eigenvalue weighted by Crippen LogP contribution is 2.40. The number of aromatic hydroxyl groups is 1. The van der Waals surface area contributed by atoms with Gasteiger partial charge in [0.15, 0.2) is 0 Å². The van der Waals surface area contributed by atoms with E-state index in [1.54, 1.807) is 12.1 Å². The lowest BCUT2D eigenvalue weighted by molar-refractivity contribution is -0.138. The molecule has 2 rings (SSSR count). The molecule has 1 aromatic carbocycles. The van der Waals surface area contributed by atoms with Gasteiger partial charge in [0.2, 0.25) is 0 Å². The fraction of sp³-hybridized carbons (Fsp3) is 0.571. The minimum Gasteiger partial charge on any atom is -0.506 e.